The van der Waals surface area contributed by atoms with Gasteiger partial charge in [0.2, 0.25) is 17.8 Å². The summed E-state index contributed by atoms with van der Waals surface area (Å²) in [4.78, 5) is 72.4. The van der Waals surface area contributed by atoms with Crippen LogP contribution in [-0.4, -0.2) is 209 Å². The maximum atomic E-state index is 12.7. The molecule has 1 amide bonds. The van der Waals surface area contributed by atoms with Crippen molar-refractivity contribution in [3.8, 4) is 0 Å². The van der Waals surface area contributed by atoms with E-state index < -0.39 is 24.0 Å². The van der Waals surface area contributed by atoms with Gasteiger partial charge in [-0.2, -0.15) is 9.97 Å². The Labute approximate surface area is 577 Å². The molecular formula is C70H110N22O6. The van der Waals surface area contributed by atoms with Gasteiger partial charge in [0.05, 0.1) is 36.5 Å². The molecule has 4 fully saturated rings. The number of hydrogen-bond donors (Lipinski definition) is 11. The summed E-state index contributed by atoms with van der Waals surface area (Å²) in [7, 11) is 2.04. The molecule has 0 unspecified atom stereocenters. The zero-order valence-electron chi connectivity index (χ0n) is 57.8. The number of rotatable bonds is 40. The summed E-state index contributed by atoms with van der Waals surface area (Å²) in [6.45, 7) is 12.7. The molecule has 28 heteroatoms. The Balaban J connectivity index is 0.000000229. The fourth-order valence-electron chi connectivity index (χ4n) is 13.5. The van der Waals surface area contributed by atoms with E-state index in [1.54, 1.807) is 0 Å². The van der Waals surface area contributed by atoms with Crippen molar-refractivity contribution in [2.45, 2.75) is 217 Å². The zero-order chi connectivity index (χ0) is 68.7. The molecule has 4 aliphatic rings. The summed E-state index contributed by atoms with van der Waals surface area (Å²) < 4.78 is 3.79. The number of fused-ring (bicyclic) bond motifs is 2. The molecule has 2 aliphatic carbocycles. The van der Waals surface area contributed by atoms with E-state index >= 15 is 0 Å². The number of carbonyl (C=O) groups excluding carboxylic acids is 2. The van der Waals surface area contributed by atoms with E-state index in [-0.39, 0.29) is 49.5 Å². The molecule has 2 aliphatic heterocycles. The monoisotopic (exact) mass is 1350 g/mol. The van der Waals surface area contributed by atoms with E-state index in [0.717, 1.165) is 187 Å². The lowest BCUT2D eigenvalue weighted by Gasteiger charge is -2.37. The molecule has 98 heavy (non-hydrogen) atoms. The Morgan fingerprint density at radius 3 is 1.62 bits per heavy atom. The summed E-state index contributed by atoms with van der Waals surface area (Å²) in [5, 5.41) is 62.1. The predicted molar refractivity (Wildman–Crippen MR) is 383 cm³/mol. The summed E-state index contributed by atoms with van der Waals surface area (Å²) >= 11 is 0. The summed E-state index contributed by atoms with van der Waals surface area (Å²) in [6.07, 6.45) is 27.3. The highest BCUT2D eigenvalue weighted by Gasteiger charge is 2.29. The number of anilines is 4. The summed E-state index contributed by atoms with van der Waals surface area (Å²) in [6, 6.07) is 16.0. The highest BCUT2D eigenvalue weighted by Crippen LogP contribution is 2.30. The van der Waals surface area contributed by atoms with E-state index in [1.807, 2.05) is 82.2 Å². The number of nitrogens with zero attached hydrogens (tertiary/aromatic N) is 13. The number of benzene rings is 2. The Bertz CT molecular complexity index is 3360. The lowest BCUT2D eigenvalue weighted by atomic mass is 9.95. The van der Waals surface area contributed by atoms with Crippen LogP contribution in [0.25, 0.3) is 21.8 Å². The van der Waals surface area contributed by atoms with Crippen LogP contribution >= 0.6 is 0 Å². The van der Waals surface area contributed by atoms with Crippen molar-refractivity contribution in [2.75, 3.05) is 99.9 Å². The van der Waals surface area contributed by atoms with E-state index in [2.05, 4.69) is 67.6 Å². The number of para-hydroxylation sites is 2. The number of carboxylic acids is 2. The number of amides is 1. The highest BCUT2D eigenvalue weighted by atomic mass is 16.4. The Kier molecular flexibility index (Phi) is 30.8. The smallest absolute Gasteiger partial charge is 0.320 e. The van der Waals surface area contributed by atoms with Crippen LogP contribution < -0.4 is 53.6 Å². The number of likely N-dealkylation sites (tertiary alicyclic amines) is 2. The van der Waals surface area contributed by atoms with Crippen LogP contribution in [0.1, 0.15) is 165 Å². The van der Waals surface area contributed by atoms with Crippen molar-refractivity contribution >= 4 is 69.0 Å². The molecule has 2 aromatic carbocycles. The van der Waals surface area contributed by atoms with Gasteiger partial charge in [0.1, 0.15) is 40.9 Å². The second-order valence-corrected chi connectivity index (χ2v) is 27.0. The maximum absolute atomic E-state index is 12.7. The molecule has 6 heterocycles. The van der Waals surface area contributed by atoms with Gasteiger partial charge < -0.3 is 73.6 Å². The number of piperidine rings is 2. The van der Waals surface area contributed by atoms with Crippen LogP contribution in [0, 0.1) is 0 Å². The molecule has 2 saturated heterocycles. The number of aromatic nitrogens is 10. The first-order valence-corrected chi connectivity index (χ1v) is 36.5. The SMILES string of the molecule is CN(c1nc(NCc2cn(CCCNCCCNC3CCCCC3)nn2)nc2ccccc12)C1CCN(C(=O)CC[C@H](N)C(=O)O)CC1.N[C@@H](CCC(=O)CCCN1CCC(Nc2nc(NCc3cn(CCCNCCCNC4CCCCC4)nn3)nc3ccccc23)CC1)C(=O)O. The molecule has 28 nitrogen and oxygen atoms in total. The standard InChI is InChI=1S/C36H57N11O3.C34H53N11O3/c37-32(35(49)50)15-14-30(48)11-6-21-46-23-16-28(17-24-46)41-34-31-12-4-5-13-33(31)42-36(43-34)40-25-29-26-47(45-44-29)22-8-19-38-18-7-20-39-27-9-2-1-3-10-27;1-43(27-15-21-44(22-16-27)31(46)14-13-29(35)33(47)48)32-28-11-5-6-12-30(28)39-34(40-32)38-23-26-24-45(42-41-26)20-8-18-36-17-7-19-37-25-9-3-2-4-10-25/h4-5,12-13,26-28,32,38-39H,1-3,6-11,14-25,37H2,(H,49,50)(H2,40,41,42,43);5-6,11-12,24-25,27,29,36-37H,2-4,7-10,13-23,35H2,1H3,(H,47,48)(H,38,39,40)/t32-;29-/m00/s1. The third-order valence-corrected chi connectivity index (χ3v) is 19.4. The van der Waals surface area contributed by atoms with Gasteiger partial charge >= 0.3 is 11.9 Å². The van der Waals surface area contributed by atoms with Crippen molar-refractivity contribution in [3.05, 3.63) is 72.3 Å². The molecule has 4 aromatic heterocycles. The fourth-order valence-corrected chi connectivity index (χ4v) is 13.5. The molecule has 2 saturated carbocycles. The third-order valence-electron chi connectivity index (χ3n) is 19.4. The molecule has 13 N–H and O–H groups in total. The van der Waals surface area contributed by atoms with Gasteiger partial charge in [-0.1, -0.05) is 73.2 Å². The van der Waals surface area contributed by atoms with Crippen molar-refractivity contribution < 1.29 is 29.4 Å². The van der Waals surface area contributed by atoms with Crippen molar-refractivity contribution in [2.24, 2.45) is 11.5 Å². The van der Waals surface area contributed by atoms with Crippen LogP contribution in [0.15, 0.2) is 60.9 Å². The van der Waals surface area contributed by atoms with Crippen LogP contribution in [0.2, 0.25) is 0 Å². The largest absolute Gasteiger partial charge is 0.480 e. The minimum atomic E-state index is -1.08. The summed E-state index contributed by atoms with van der Waals surface area (Å²) in [5.41, 5.74) is 14.5. The Hall–Kier alpha value is -7.60. The Morgan fingerprint density at radius 2 is 1.06 bits per heavy atom. The minimum absolute atomic E-state index is 0.0478. The van der Waals surface area contributed by atoms with Gasteiger partial charge in [-0.3, -0.25) is 28.5 Å². The number of nitrogens with one attached hydrogen (secondary N) is 7. The first-order valence-electron chi connectivity index (χ1n) is 36.5. The third kappa shape index (κ3) is 25.0. The molecule has 6 aromatic rings. The van der Waals surface area contributed by atoms with E-state index in [0.29, 0.717) is 44.5 Å². The van der Waals surface area contributed by atoms with E-state index in [1.165, 1.54) is 64.2 Å². The van der Waals surface area contributed by atoms with Crippen LogP contribution in [0.5, 0.6) is 0 Å². The molecule has 0 spiro atoms. The van der Waals surface area contributed by atoms with Gasteiger partial charge in [0.25, 0.3) is 0 Å². The quantitative estimate of drug-likeness (QED) is 0.0188. The predicted octanol–water partition coefficient (Wildman–Crippen LogP) is 6.29. The number of aliphatic carboxylic acids is 2. The minimum Gasteiger partial charge on any atom is -0.480 e. The number of hydrogen-bond acceptors (Lipinski definition) is 23. The first-order chi connectivity index (χ1) is 47.8. The number of ketones is 1. The van der Waals surface area contributed by atoms with Crippen molar-refractivity contribution in [3.63, 3.8) is 0 Å². The van der Waals surface area contributed by atoms with Crippen molar-refractivity contribution in [1.29, 1.82) is 0 Å². The Morgan fingerprint density at radius 1 is 0.551 bits per heavy atom. The average molecular weight is 1360 g/mol. The second-order valence-electron chi connectivity index (χ2n) is 27.0. The topological polar surface area (TPSA) is 368 Å². The van der Waals surface area contributed by atoms with Crippen molar-refractivity contribution in [1.82, 2.24) is 81.0 Å². The number of nitrogens with two attached hydrogens (primary N) is 2. The van der Waals surface area contributed by atoms with Gasteiger partial charge in [-0.25, -0.2) is 9.97 Å². The lowest BCUT2D eigenvalue weighted by Crippen LogP contribution is -2.46. The van der Waals surface area contributed by atoms with Crippen LogP contribution in [-0.2, 0) is 45.4 Å². The molecule has 10 rings (SSSR count). The number of Topliss-reactive ketones (excluding diaryl/α,β-unsaturated/α-hetero) is 1. The normalized spacial score (nSPS) is 16.7. The molecule has 0 bridgehead atoms. The molecule has 2 atom stereocenters. The van der Waals surface area contributed by atoms with E-state index in [4.69, 9.17) is 41.6 Å². The number of carboxylic acid groups (broad SMARTS) is 2. The molecular weight excluding hydrogens is 1240 g/mol. The lowest BCUT2D eigenvalue weighted by molar-refractivity contribution is -0.140. The van der Waals surface area contributed by atoms with Gasteiger partial charge in [0.15, 0.2) is 0 Å². The fraction of sp³-hybridized carbons (Fsp3) is 0.657. The average Bonchev–Trinajstić information content (AvgIpc) is 0.885. The number of carbonyl (C=O) groups is 4. The number of aryl methyl sites for hydroxylation is 2. The molecule has 0 radical (unpaired) electrons. The van der Waals surface area contributed by atoms with E-state index in [9.17, 15) is 19.2 Å². The zero-order valence-corrected chi connectivity index (χ0v) is 57.8. The van der Waals surface area contributed by atoms with Gasteiger partial charge in [0, 0.05) is 101 Å². The van der Waals surface area contributed by atoms with Gasteiger partial charge in [-0.05, 0) is 166 Å². The first kappa shape index (κ1) is 74.6. The van der Waals surface area contributed by atoms with Crippen LogP contribution in [0.4, 0.5) is 23.5 Å². The second kappa shape index (κ2) is 40.5. The highest BCUT2D eigenvalue weighted by molar-refractivity contribution is 5.91. The molecule has 536 valence electrons. The summed E-state index contributed by atoms with van der Waals surface area (Å²) in [5.74, 6) is 0.619. The maximum Gasteiger partial charge on any atom is 0.320 e. The van der Waals surface area contributed by atoms with Gasteiger partial charge in [-0.15, -0.1) is 10.2 Å². The van der Waals surface area contributed by atoms with Crippen LogP contribution in [0.3, 0.4) is 0 Å².